The molecule has 1 aromatic carbocycles. The normalized spacial score (nSPS) is 10.7. The highest BCUT2D eigenvalue weighted by Crippen LogP contribution is 2.19. The van der Waals surface area contributed by atoms with E-state index in [9.17, 15) is 14.4 Å². The van der Waals surface area contributed by atoms with E-state index in [-0.39, 0.29) is 5.91 Å². The Hall–Kier alpha value is -2.37. The molecule has 6 nitrogen and oxygen atoms in total. The van der Waals surface area contributed by atoms with E-state index in [0.29, 0.717) is 17.8 Å². The van der Waals surface area contributed by atoms with Crippen LogP contribution in [0.5, 0.6) is 0 Å². The third kappa shape index (κ3) is 4.31. The van der Waals surface area contributed by atoms with Gasteiger partial charge in [0.1, 0.15) is 5.41 Å². The van der Waals surface area contributed by atoms with Gasteiger partial charge in [-0.25, -0.2) is 4.79 Å². The van der Waals surface area contributed by atoms with E-state index < -0.39 is 17.3 Å². The zero-order valence-electron chi connectivity index (χ0n) is 13.4. The smallest absolute Gasteiger partial charge is 0.337 e. The summed E-state index contributed by atoms with van der Waals surface area (Å²) in [4.78, 5) is 35.6. The summed E-state index contributed by atoms with van der Waals surface area (Å²) in [5.41, 5.74) is -0.287. The van der Waals surface area contributed by atoms with Crippen molar-refractivity contribution in [3.05, 3.63) is 29.8 Å². The fraction of sp³-hybridized carbons (Fsp3) is 0.438. The number of ether oxygens (including phenoxy) is 1. The number of rotatable bonds is 6. The lowest BCUT2D eigenvalue weighted by molar-refractivity contribution is -0.138. The van der Waals surface area contributed by atoms with E-state index in [1.165, 1.54) is 7.11 Å². The Bertz CT molecular complexity index is 550. The average molecular weight is 306 g/mol. The van der Waals surface area contributed by atoms with Crippen LogP contribution in [0.15, 0.2) is 24.3 Å². The van der Waals surface area contributed by atoms with Crippen LogP contribution in [0.4, 0.5) is 5.69 Å². The molecule has 0 aliphatic carbocycles. The fourth-order valence-corrected chi connectivity index (χ4v) is 1.66. The zero-order chi connectivity index (χ0) is 16.8. The summed E-state index contributed by atoms with van der Waals surface area (Å²) in [5.74, 6) is -1.18. The van der Waals surface area contributed by atoms with Gasteiger partial charge in [-0.2, -0.15) is 0 Å². The number of hydrogen-bond acceptors (Lipinski definition) is 4. The predicted molar refractivity (Wildman–Crippen MR) is 83.5 cm³/mol. The molecule has 0 aliphatic rings. The summed E-state index contributed by atoms with van der Waals surface area (Å²) in [6.45, 7) is 5.60. The largest absolute Gasteiger partial charge is 0.465 e. The Morgan fingerprint density at radius 3 is 2.18 bits per heavy atom. The zero-order valence-corrected chi connectivity index (χ0v) is 13.4. The molecule has 0 saturated carbocycles. The Balaban J connectivity index is 2.75. The highest BCUT2D eigenvalue weighted by Gasteiger charge is 2.35. The minimum absolute atomic E-state index is 0.321. The first-order chi connectivity index (χ1) is 10.3. The molecular weight excluding hydrogens is 284 g/mol. The molecule has 1 rings (SSSR count). The van der Waals surface area contributed by atoms with Gasteiger partial charge >= 0.3 is 5.97 Å². The molecule has 0 radical (unpaired) electrons. The number of carbonyl (C=O) groups is 3. The molecule has 2 amide bonds. The lowest BCUT2D eigenvalue weighted by atomic mass is 9.91. The second kappa shape index (κ2) is 7.59. The van der Waals surface area contributed by atoms with Crippen molar-refractivity contribution in [1.29, 1.82) is 0 Å². The van der Waals surface area contributed by atoms with Gasteiger partial charge in [-0.05, 0) is 44.5 Å². The molecule has 0 aliphatic heterocycles. The van der Waals surface area contributed by atoms with Crippen LogP contribution in [0.3, 0.4) is 0 Å². The molecule has 0 aromatic heterocycles. The topological polar surface area (TPSA) is 84.5 Å². The number of carbonyl (C=O) groups excluding carboxylic acids is 3. The first kappa shape index (κ1) is 17.7. The Morgan fingerprint density at radius 2 is 1.68 bits per heavy atom. The van der Waals surface area contributed by atoms with Gasteiger partial charge in [0.25, 0.3) is 0 Å². The van der Waals surface area contributed by atoms with Crippen molar-refractivity contribution in [2.45, 2.75) is 27.2 Å². The molecule has 0 bridgehead atoms. The average Bonchev–Trinajstić information content (AvgIpc) is 2.52. The minimum atomic E-state index is -1.18. The van der Waals surface area contributed by atoms with Crippen molar-refractivity contribution in [3.63, 3.8) is 0 Å². The number of anilines is 1. The molecule has 120 valence electrons. The van der Waals surface area contributed by atoms with E-state index >= 15 is 0 Å². The number of amides is 2. The van der Waals surface area contributed by atoms with Crippen molar-refractivity contribution >= 4 is 23.5 Å². The number of esters is 1. The first-order valence-electron chi connectivity index (χ1n) is 7.11. The first-order valence-corrected chi connectivity index (χ1v) is 7.11. The third-order valence-corrected chi connectivity index (χ3v) is 3.23. The van der Waals surface area contributed by atoms with Crippen LogP contribution < -0.4 is 10.6 Å². The van der Waals surface area contributed by atoms with Crippen molar-refractivity contribution in [2.75, 3.05) is 19.0 Å². The summed E-state index contributed by atoms with van der Waals surface area (Å²) in [7, 11) is 1.30. The van der Waals surface area contributed by atoms with Crippen molar-refractivity contribution in [1.82, 2.24) is 5.32 Å². The monoisotopic (exact) mass is 306 g/mol. The van der Waals surface area contributed by atoms with Crippen LogP contribution in [0.1, 0.15) is 37.6 Å². The van der Waals surface area contributed by atoms with E-state index in [1.54, 1.807) is 38.1 Å². The van der Waals surface area contributed by atoms with Crippen LogP contribution >= 0.6 is 0 Å². The lowest BCUT2D eigenvalue weighted by Crippen LogP contribution is -2.45. The van der Waals surface area contributed by atoms with Crippen LogP contribution in [-0.4, -0.2) is 31.4 Å². The third-order valence-electron chi connectivity index (χ3n) is 3.23. The number of nitrogens with one attached hydrogen (secondary N) is 2. The number of benzene rings is 1. The second-order valence-corrected chi connectivity index (χ2v) is 5.40. The fourth-order valence-electron chi connectivity index (χ4n) is 1.66. The van der Waals surface area contributed by atoms with Gasteiger partial charge < -0.3 is 15.4 Å². The van der Waals surface area contributed by atoms with Gasteiger partial charge in [-0.1, -0.05) is 6.92 Å². The maximum Gasteiger partial charge on any atom is 0.337 e. The number of hydrogen-bond donors (Lipinski definition) is 2. The highest BCUT2D eigenvalue weighted by molar-refractivity contribution is 6.09. The Morgan fingerprint density at radius 1 is 1.09 bits per heavy atom. The molecule has 0 atom stereocenters. The molecule has 0 spiro atoms. The second-order valence-electron chi connectivity index (χ2n) is 5.40. The van der Waals surface area contributed by atoms with Crippen LogP contribution in [0.25, 0.3) is 0 Å². The molecule has 2 N–H and O–H groups in total. The maximum atomic E-state index is 12.3. The van der Waals surface area contributed by atoms with Crippen LogP contribution in [-0.2, 0) is 14.3 Å². The van der Waals surface area contributed by atoms with Gasteiger partial charge in [0.15, 0.2) is 0 Å². The highest BCUT2D eigenvalue weighted by atomic mass is 16.5. The lowest BCUT2D eigenvalue weighted by Gasteiger charge is -2.22. The molecule has 0 heterocycles. The summed E-state index contributed by atoms with van der Waals surface area (Å²) in [6.07, 6.45) is 0.804. The quantitative estimate of drug-likeness (QED) is 0.621. The Labute approximate surface area is 130 Å². The molecule has 1 aromatic rings. The molecular formula is C16H22N2O4. The van der Waals surface area contributed by atoms with Gasteiger partial charge in [0.05, 0.1) is 12.7 Å². The van der Waals surface area contributed by atoms with E-state index in [0.717, 1.165) is 6.42 Å². The Kier molecular flexibility index (Phi) is 6.10. The van der Waals surface area contributed by atoms with Crippen LogP contribution in [0.2, 0.25) is 0 Å². The van der Waals surface area contributed by atoms with E-state index in [2.05, 4.69) is 15.4 Å². The SMILES string of the molecule is CCCNC(=O)C(C)(C)C(=O)Nc1ccc(C(=O)OC)cc1. The molecule has 0 saturated heterocycles. The van der Waals surface area contributed by atoms with Gasteiger partial charge in [0, 0.05) is 12.2 Å². The van der Waals surface area contributed by atoms with Crippen molar-refractivity contribution in [3.8, 4) is 0 Å². The minimum Gasteiger partial charge on any atom is -0.465 e. The molecule has 0 unspecified atom stereocenters. The van der Waals surface area contributed by atoms with Gasteiger partial charge in [-0.3, -0.25) is 9.59 Å². The van der Waals surface area contributed by atoms with E-state index in [1.807, 2.05) is 6.92 Å². The summed E-state index contributed by atoms with van der Waals surface area (Å²) in [6, 6.07) is 6.27. The number of methoxy groups -OCH3 is 1. The van der Waals surface area contributed by atoms with Crippen LogP contribution in [0, 0.1) is 5.41 Å². The summed E-state index contributed by atoms with van der Waals surface area (Å²) < 4.78 is 4.60. The summed E-state index contributed by atoms with van der Waals surface area (Å²) in [5, 5.41) is 5.38. The molecule has 22 heavy (non-hydrogen) atoms. The molecule has 6 heteroatoms. The predicted octanol–water partition coefficient (Wildman–Crippen LogP) is 1.96. The molecule has 0 fully saturated rings. The standard InChI is InChI=1S/C16H22N2O4/c1-5-10-17-14(20)16(2,3)15(21)18-12-8-6-11(7-9-12)13(19)22-4/h6-9H,5,10H2,1-4H3,(H,17,20)(H,18,21). The van der Waals surface area contributed by atoms with Gasteiger partial charge in [-0.15, -0.1) is 0 Å². The summed E-state index contributed by atoms with van der Waals surface area (Å²) >= 11 is 0. The maximum absolute atomic E-state index is 12.3. The van der Waals surface area contributed by atoms with Gasteiger partial charge in [0.2, 0.25) is 11.8 Å². The van der Waals surface area contributed by atoms with E-state index in [4.69, 9.17) is 0 Å². The van der Waals surface area contributed by atoms with Crippen molar-refractivity contribution < 1.29 is 19.1 Å². The van der Waals surface area contributed by atoms with Crippen molar-refractivity contribution in [2.24, 2.45) is 5.41 Å².